The van der Waals surface area contributed by atoms with Gasteiger partial charge in [-0.15, -0.1) is 11.8 Å². The molecule has 1 aromatic rings. The third kappa shape index (κ3) is 1.77. The molecule has 1 spiro atoms. The maximum Gasteiger partial charge on any atom is 0.117 e. The van der Waals surface area contributed by atoms with Crippen LogP contribution in [0.4, 0.5) is 5.69 Å². The van der Waals surface area contributed by atoms with E-state index in [-0.39, 0.29) is 0 Å². The van der Waals surface area contributed by atoms with Crippen molar-refractivity contribution in [2.45, 2.75) is 30.6 Å². The highest BCUT2D eigenvalue weighted by molar-refractivity contribution is 7.99. The van der Waals surface area contributed by atoms with Gasteiger partial charge in [0.15, 0.2) is 0 Å². The van der Waals surface area contributed by atoms with E-state index in [1.165, 1.54) is 36.3 Å². The fraction of sp³-hybridized carbons (Fsp3) is 0.538. The Hall–Kier alpha value is -0.830. The van der Waals surface area contributed by atoms with Crippen molar-refractivity contribution in [2.75, 3.05) is 17.6 Å². The zero-order valence-corrected chi connectivity index (χ0v) is 10.1. The van der Waals surface area contributed by atoms with Crippen molar-refractivity contribution in [3.63, 3.8) is 0 Å². The van der Waals surface area contributed by atoms with Gasteiger partial charge >= 0.3 is 0 Å². The summed E-state index contributed by atoms with van der Waals surface area (Å²) >= 11 is 1.94. The SMILES string of the molecule is Oc1ccc2c(c1)NCC1(CCCC1)CS2. The molecule has 1 fully saturated rings. The van der Waals surface area contributed by atoms with Gasteiger partial charge in [0.05, 0.1) is 5.69 Å². The molecule has 2 N–H and O–H groups in total. The Kier molecular flexibility index (Phi) is 2.51. The van der Waals surface area contributed by atoms with E-state index in [9.17, 15) is 5.11 Å². The Morgan fingerprint density at radius 1 is 1.25 bits per heavy atom. The van der Waals surface area contributed by atoms with Crippen LogP contribution in [0.15, 0.2) is 23.1 Å². The molecule has 16 heavy (non-hydrogen) atoms. The minimum Gasteiger partial charge on any atom is -0.508 e. The molecule has 1 aliphatic carbocycles. The molecule has 0 radical (unpaired) electrons. The van der Waals surface area contributed by atoms with Gasteiger partial charge in [0, 0.05) is 23.3 Å². The van der Waals surface area contributed by atoms with E-state index in [0.717, 1.165) is 12.2 Å². The molecular weight excluding hydrogens is 218 g/mol. The van der Waals surface area contributed by atoms with Crippen LogP contribution < -0.4 is 5.32 Å². The number of nitrogens with one attached hydrogen (secondary N) is 1. The first kappa shape index (κ1) is 10.3. The Labute approximate surface area is 100 Å². The van der Waals surface area contributed by atoms with Crippen molar-refractivity contribution in [2.24, 2.45) is 5.41 Å². The Balaban J connectivity index is 1.86. The van der Waals surface area contributed by atoms with Gasteiger partial charge in [0.1, 0.15) is 5.75 Å². The largest absolute Gasteiger partial charge is 0.508 e. The second-order valence-corrected chi connectivity index (χ2v) is 6.05. The van der Waals surface area contributed by atoms with E-state index in [1.54, 1.807) is 6.07 Å². The van der Waals surface area contributed by atoms with Gasteiger partial charge in [-0.25, -0.2) is 0 Å². The predicted molar refractivity (Wildman–Crippen MR) is 68.2 cm³/mol. The summed E-state index contributed by atoms with van der Waals surface area (Å²) in [5, 5.41) is 13.0. The number of phenolic OH excluding ortho intramolecular Hbond substituents is 1. The Bertz CT molecular complexity index is 399. The van der Waals surface area contributed by atoms with Crippen molar-refractivity contribution in [1.82, 2.24) is 0 Å². The van der Waals surface area contributed by atoms with Crippen LogP contribution in [0.5, 0.6) is 5.75 Å². The van der Waals surface area contributed by atoms with Crippen LogP contribution in [0.1, 0.15) is 25.7 Å². The van der Waals surface area contributed by atoms with E-state index in [2.05, 4.69) is 5.32 Å². The van der Waals surface area contributed by atoms with Crippen molar-refractivity contribution in [3.05, 3.63) is 18.2 Å². The minimum atomic E-state index is 0.356. The zero-order chi connectivity index (χ0) is 11.0. The van der Waals surface area contributed by atoms with E-state index in [4.69, 9.17) is 0 Å². The summed E-state index contributed by atoms with van der Waals surface area (Å²) in [7, 11) is 0. The predicted octanol–water partition coefficient (Wildman–Crippen LogP) is 3.47. The highest BCUT2D eigenvalue weighted by Gasteiger charge is 2.35. The molecule has 3 rings (SSSR count). The molecule has 1 saturated carbocycles. The first-order valence-corrected chi connectivity index (χ1v) is 6.96. The average molecular weight is 235 g/mol. The molecule has 0 atom stereocenters. The van der Waals surface area contributed by atoms with Crippen LogP contribution in [-0.4, -0.2) is 17.4 Å². The van der Waals surface area contributed by atoms with Gasteiger partial charge < -0.3 is 10.4 Å². The number of rotatable bonds is 0. The van der Waals surface area contributed by atoms with Crippen LogP contribution in [0.3, 0.4) is 0 Å². The van der Waals surface area contributed by atoms with Crippen LogP contribution >= 0.6 is 11.8 Å². The maximum atomic E-state index is 9.49. The molecule has 1 aromatic carbocycles. The standard InChI is InChI=1S/C13H17NOS/c15-10-3-4-12-11(7-10)14-8-13(9-16-12)5-1-2-6-13/h3-4,7,14-15H,1-2,5-6,8-9H2. The smallest absolute Gasteiger partial charge is 0.117 e. The van der Waals surface area contributed by atoms with E-state index in [0.29, 0.717) is 11.2 Å². The van der Waals surface area contributed by atoms with Gasteiger partial charge in [-0.3, -0.25) is 0 Å². The van der Waals surface area contributed by atoms with Gasteiger partial charge in [-0.1, -0.05) is 12.8 Å². The second kappa shape index (κ2) is 3.88. The molecular formula is C13H17NOS. The first-order valence-electron chi connectivity index (χ1n) is 5.97. The van der Waals surface area contributed by atoms with E-state index in [1.807, 2.05) is 23.9 Å². The third-order valence-electron chi connectivity index (χ3n) is 3.82. The zero-order valence-electron chi connectivity index (χ0n) is 9.33. The molecule has 86 valence electrons. The summed E-state index contributed by atoms with van der Waals surface area (Å²) in [5.74, 6) is 1.58. The number of anilines is 1. The lowest BCUT2D eigenvalue weighted by Gasteiger charge is -2.26. The molecule has 0 bridgehead atoms. The highest BCUT2D eigenvalue weighted by Crippen LogP contribution is 2.46. The van der Waals surface area contributed by atoms with E-state index >= 15 is 0 Å². The molecule has 2 nitrogen and oxygen atoms in total. The number of benzene rings is 1. The Morgan fingerprint density at radius 2 is 2.06 bits per heavy atom. The second-order valence-electron chi connectivity index (χ2n) is 5.03. The lowest BCUT2D eigenvalue weighted by atomic mass is 9.88. The summed E-state index contributed by atoms with van der Waals surface area (Å²) in [6, 6.07) is 5.65. The minimum absolute atomic E-state index is 0.356. The van der Waals surface area contributed by atoms with Crippen molar-refractivity contribution >= 4 is 17.4 Å². The van der Waals surface area contributed by atoms with Gasteiger partial charge in [-0.05, 0) is 30.4 Å². The molecule has 2 aliphatic rings. The van der Waals surface area contributed by atoms with Crippen LogP contribution in [0, 0.1) is 5.41 Å². The highest BCUT2D eigenvalue weighted by atomic mass is 32.2. The summed E-state index contributed by atoms with van der Waals surface area (Å²) < 4.78 is 0. The first-order chi connectivity index (χ1) is 7.77. The number of hydrogen-bond donors (Lipinski definition) is 2. The maximum absolute atomic E-state index is 9.49. The van der Waals surface area contributed by atoms with Crippen LogP contribution in [-0.2, 0) is 0 Å². The number of fused-ring (bicyclic) bond motifs is 1. The summed E-state index contributed by atoms with van der Waals surface area (Å²) in [6.45, 7) is 1.07. The van der Waals surface area contributed by atoms with E-state index < -0.39 is 0 Å². The average Bonchev–Trinajstić information content (AvgIpc) is 2.66. The summed E-state index contributed by atoms with van der Waals surface area (Å²) in [5.41, 5.74) is 1.60. The van der Waals surface area contributed by atoms with Crippen LogP contribution in [0.25, 0.3) is 0 Å². The van der Waals surface area contributed by atoms with Gasteiger partial charge in [-0.2, -0.15) is 0 Å². The summed E-state index contributed by atoms with van der Waals surface area (Å²) in [4.78, 5) is 1.28. The summed E-state index contributed by atoms with van der Waals surface area (Å²) in [6.07, 6.45) is 5.47. The molecule has 1 aliphatic heterocycles. The van der Waals surface area contributed by atoms with Gasteiger partial charge in [0.2, 0.25) is 0 Å². The monoisotopic (exact) mass is 235 g/mol. The third-order valence-corrected chi connectivity index (χ3v) is 5.24. The topological polar surface area (TPSA) is 32.3 Å². The number of thioether (sulfide) groups is 1. The number of phenols is 1. The lowest BCUT2D eigenvalue weighted by Crippen LogP contribution is -2.27. The quantitative estimate of drug-likeness (QED) is 0.722. The molecule has 1 heterocycles. The molecule has 0 unspecified atom stereocenters. The number of hydrogen-bond acceptors (Lipinski definition) is 3. The molecule has 3 heteroatoms. The molecule has 0 amide bonds. The molecule has 0 saturated heterocycles. The van der Waals surface area contributed by atoms with Crippen molar-refractivity contribution < 1.29 is 5.11 Å². The fourth-order valence-corrected chi connectivity index (χ4v) is 4.10. The normalized spacial score (nSPS) is 22.5. The van der Waals surface area contributed by atoms with Crippen molar-refractivity contribution in [3.8, 4) is 5.75 Å². The van der Waals surface area contributed by atoms with Crippen LogP contribution in [0.2, 0.25) is 0 Å². The molecule has 0 aromatic heterocycles. The fourth-order valence-electron chi connectivity index (χ4n) is 2.79. The Morgan fingerprint density at radius 3 is 2.88 bits per heavy atom. The van der Waals surface area contributed by atoms with Gasteiger partial charge in [0.25, 0.3) is 0 Å². The van der Waals surface area contributed by atoms with Crippen molar-refractivity contribution in [1.29, 1.82) is 0 Å². The lowest BCUT2D eigenvalue weighted by molar-refractivity contribution is 0.373. The number of aromatic hydroxyl groups is 1.